The van der Waals surface area contributed by atoms with E-state index in [1.807, 2.05) is 13.0 Å². The number of hydrogen-bond donors (Lipinski definition) is 0. The summed E-state index contributed by atoms with van der Waals surface area (Å²) in [5.41, 5.74) is 1.65. The number of halogens is 1. The Bertz CT molecular complexity index is 439. The van der Waals surface area contributed by atoms with Crippen molar-refractivity contribution in [3.63, 3.8) is 0 Å². The highest BCUT2D eigenvalue weighted by molar-refractivity contribution is 6.31. The minimum Gasteiger partial charge on any atom is -0.493 e. The third-order valence-electron chi connectivity index (χ3n) is 2.93. The van der Waals surface area contributed by atoms with Gasteiger partial charge in [-0.25, -0.2) is 0 Å². The molecule has 0 aliphatic rings. The molecule has 1 rings (SSSR count). The fourth-order valence-electron chi connectivity index (χ4n) is 1.98. The normalized spacial score (nSPS) is 10.8. The zero-order valence-corrected chi connectivity index (χ0v) is 13.0. The summed E-state index contributed by atoms with van der Waals surface area (Å²) in [5.74, 6) is 1.11. The van der Waals surface area contributed by atoms with Crippen LogP contribution in [0.3, 0.4) is 0 Å². The number of ketones is 1. The molecule has 0 fully saturated rings. The second kappa shape index (κ2) is 7.54. The maximum absolute atomic E-state index is 12.2. The predicted octanol–water partition coefficient (Wildman–Crippen LogP) is 5.24. The number of carbonyl (C=O) groups excluding carboxylic acids is 1. The largest absolute Gasteiger partial charge is 0.493 e. The van der Waals surface area contributed by atoms with Crippen LogP contribution >= 0.6 is 11.6 Å². The van der Waals surface area contributed by atoms with E-state index in [0.29, 0.717) is 23.6 Å². The quantitative estimate of drug-likeness (QED) is 0.640. The SMILES string of the molecule is CCCOc1c(C(=O)CCC)cc(Cl)cc1C(C)C. The molecule has 0 aliphatic heterocycles. The Labute approximate surface area is 121 Å². The van der Waals surface area contributed by atoms with Crippen LogP contribution in [0, 0.1) is 0 Å². The van der Waals surface area contributed by atoms with Crippen molar-refractivity contribution in [2.75, 3.05) is 6.61 Å². The smallest absolute Gasteiger partial charge is 0.166 e. The first-order valence-electron chi connectivity index (χ1n) is 7.00. The molecule has 0 bridgehead atoms. The lowest BCUT2D eigenvalue weighted by molar-refractivity contribution is 0.0977. The molecule has 2 nitrogen and oxygen atoms in total. The van der Waals surface area contributed by atoms with Gasteiger partial charge in [-0.3, -0.25) is 4.79 Å². The maximum atomic E-state index is 12.2. The third-order valence-corrected chi connectivity index (χ3v) is 3.15. The first-order chi connectivity index (χ1) is 9.01. The topological polar surface area (TPSA) is 26.3 Å². The van der Waals surface area contributed by atoms with E-state index < -0.39 is 0 Å². The minimum absolute atomic E-state index is 0.109. The highest BCUT2D eigenvalue weighted by atomic mass is 35.5. The number of carbonyl (C=O) groups is 1. The van der Waals surface area contributed by atoms with Crippen LogP contribution in [0.25, 0.3) is 0 Å². The molecule has 0 aliphatic carbocycles. The molecule has 3 heteroatoms. The summed E-state index contributed by atoms with van der Waals surface area (Å²) in [5, 5.41) is 0.604. The van der Waals surface area contributed by atoms with E-state index in [1.165, 1.54) is 0 Å². The van der Waals surface area contributed by atoms with Gasteiger partial charge in [-0.1, -0.05) is 39.3 Å². The van der Waals surface area contributed by atoms with Crippen LogP contribution in [0.5, 0.6) is 5.75 Å². The summed E-state index contributed by atoms with van der Waals surface area (Å²) in [6.45, 7) is 8.84. The second-order valence-electron chi connectivity index (χ2n) is 5.05. The molecule has 0 aromatic heterocycles. The van der Waals surface area contributed by atoms with Gasteiger partial charge < -0.3 is 4.74 Å². The van der Waals surface area contributed by atoms with Crippen LogP contribution in [0.2, 0.25) is 5.02 Å². The van der Waals surface area contributed by atoms with E-state index in [0.717, 1.165) is 24.2 Å². The second-order valence-corrected chi connectivity index (χ2v) is 5.48. The van der Waals surface area contributed by atoms with Crippen LogP contribution in [0.15, 0.2) is 12.1 Å². The molecule has 106 valence electrons. The van der Waals surface area contributed by atoms with Crippen molar-refractivity contribution in [1.29, 1.82) is 0 Å². The zero-order chi connectivity index (χ0) is 14.4. The summed E-state index contributed by atoms with van der Waals surface area (Å²) in [7, 11) is 0. The summed E-state index contributed by atoms with van der Waals surface area (Å²) in [6.07, 6.45) is 2.28. The molecule has 0 heterocycles. The van der Waals surface area contributed by atoms with E-state index in [4.69, 9.17) is 16.3 Å². The van der Waals surface area contributed by atoms with E-state index >= 15 is 0 Å². The molecule has 0 spiro atoms. The summed E-state index contributed by atoms with van der Waals surface area (Å²) >= 11 is 6.14. The van der Waals surface area contributed by atoms with Crippen LogP contribution in [0.1, 0.15) is 68.8 Å². The van der Waals surface area contributed by atoms with Crippen molar-refractivity contribution in [3.8, 4) is 5.75 Å². The van der Waals surface area contributed by atoms with Crippen LogP contribution < -0.4 is 4.74 Å². The van der Waals surface area contributed by atoms with E-state index in [-0.39, 0.29) is 11.7 Å². The van der Waals surface area contributed by atoms with Gasteiger partial charge in [0.25, 0.3) is 0 Å². The molecular formula is C16H23ClO2. The first-order valence-corrected chi connectivity index (χ1v) is 7.38. The van der Waals surface area contributed by atoms with Gasteiger partial charge in [-0.2, -0.15) is 0 Å². The molecule has 19 heavy (non-hydrogen) atoms. The zero-order valence-electron chi connectivity index (χ0n) is 12.3. The lowest BCUT2D eigenvalue weighted by Crippen LogP contribution is -2.08. The lowest BCUT2D eigenvalue weighted by Gasteiger charge is -2.18. The summed E-state index contributed by atoms with van der Waals surface area (Å²) in [6, 6.07) is 3.64. The monoisotopic (exact) mass is 282 g/mol. The Hall–Kier alpha value is -1.02. The average Bonchev–Trinajstić information content (AvgIpc) is 2.36. The number of rotatable bonds is 7. The van der Waals surface area contributed by atoms with Crippen molar-refractivity contribution in [3.05, 3.63) is 28.3 Å². The standard InChI is InChI=1S/C16H23ClO2/c1-5-7-15(18)14-10-12(17)9-13(11(3)4)16(14)19-8-6-2/h9-11H,5-8H2,1-4H3. The Balaban J connectivity index is 3.28. The fourth-order valence-corrected chi connectivity index (χ4v) is 2.20. The Morgan fingerprint density at radius 1 is 1.26 bits per heavy atom. The molecule has 0 saturated heterocycles. The molecule has 0 amide bonds. The molecule has 0 atom stereocenters. The van der Waals surface area contributed by atoms with Gasteiger partial charge in [0.1, 0.15) is 5.75 Å². The van der Waals surface area contributed by atoms with Crippen molar-refractivity contribution in [2.24, 2.45) is 0 Å². The molecular weight excluding hydrogens is 260 g/mol. The van der Waals surface area contributed by atoms with Crippen molar-refractivity contribution in [2.45, 2.75) is 52.9 Å². The van der Waals surface area contributed by atoms with E-state index in [9.17, 15) is 4.79 Å². The van der Waals surface area contributed by atoms with Crippen LogP contribution in [-0.2, 0) is 0 Å². The molecule has 1 aromatic carbocycles. The summed E-state index contributed by atoms with van der Waals surface area (Å²) < 4.78 is 5.82. The number of hydrogen-bond acceptors (Lipinski definition) is 2. The van der Waals surface area contributed by atoms with Gasteiger partial charge in [-0.05, 0) is 36.5 Å². The Morgan fingerprint density at radius 2 is 1.95 bits per heavy atom. The fraction of sp³-hybridized carbons (Fsp3) is 0.562. The van der Waals surface area contributed by atoms with E-state index in [2.05, 4.69) is 20.8 Å². The minimum atomic E-state index is 0.109. The van der Waals surface area contributed by atoms with E-state index in [1.54, 1.807) is 6.07 Å². The van der Waals surface area contributed by atoms with Gasteiger partial charge in [0.15, 0.2) is 5.78 Å². The van der Waals surface area contributed by atoms with Crippen LogP contribution in [0.4, 0.5) is 0 Å². The molecule has 0 saturated carbocycles. The summed E-state index contributed by atoms with van der Waals surface area (Å²) in [4.78, 5) is 12.2. The van der Waals surface area contributed by atoms with Crippen molar-refractivity contribution < 1.29 is 9.53 Å². The van der Waals surface area contributed by atoms with Gasteiger partial charge in [0.2, 0.25) is 0 Å². The van der Waals surface area contributed by atoms with Gasteiger partial charge >= 0.3 is 0 Å². The first kappa shape index (κ1) is 16.0. The number of benzene rings is 1. The van der Waals surface area contributed by atoms with Crippen molar-refractivity contribution in [1.82, 2.24) is 0 Å². The van der Waals surface area contributed by atoms with Crippen LogP contribution in [-0.4, -0.2) is 12.4 Å². The third kappa shape index (κ3) is 4.24. The Morgan fingerprint density at radius 3 is 2.47 bits per heavy atom. The molecule has 0 unspecified atom stereocenters. The molecule has 0 N–H and O–H groups in total. The lowest BCUT2D eigenvalue weighted by atomic mass is 9.96. The van der Waals surface area contributed by atoms with Gasteiger partial charge in [0.05, 0.1) is 12.2 Å². The van der Waals surface area contributed by atoms with Crippen molar-refractivity contribution >= 4 is 17.4 Å². The maximum Gasteiger partial charge on any atom is 0.166 e. The highest BCUT2D eigenvalue weighted by Crippen LogP contribution is 2.34. The van der Waals surface area contributed by atoms with Gasteiger partial charge in [-0.15, -0.1) is 0 Å². The molecule has 1 aromatic rings. The molecule has 0 radical (unpaired) electrons. The average molecular weight is 283 g/mol. The Kier molecular flexibility index (Phi) is 6.36. The highest BCUT2D eigenvalue weighted by Gasteiger charge is 2.19. The predicted molar refractivity (Wildman–Crippen MR) is 80.6 cm³/mol. The number of ether oxygens (including phenoxy) is 1. The van der Waals surface area contributed by atoms with Gasteiger partial charge in [0, 0.05) is 11.4 Å². The number of Topliss-reactive ketones (excluding diaryl/α,β-unsaturated/α-hetero) is 1.